The van der Waals surface area contributed by atoms with Crippen LogP contribution in [0, 0.1) is 0 Å². The lowest BCUT2D eigenvalue weighted by atomic mass is 10.2. The molecule has 0 spiro atoms. The van der Waals surface area contributed by atoms with Gasteiger partial charge in [-0.3, -0.25) is 4.79 Å². The molecule has 1 amide bonds. The molecule has 0 radical (unpaired) electrons. The zero-order chi connectivity index (χ0) is 15.2. The van der Waals surface area contributed by atoms with Crippen molar-refractivity contribution in [3.63, 3.8) is 0 Å². The van der Waals surface area contributed by atoms with Crippen LogP contribution >= 0.6 is 0 Å². The number of benzene rings is 1. The Kier molecular flexibility index (Phi) is 5.39. The van der Waals surface area contributed by atoms with Crippen molar-refractivity contribution < 1.29 is 9.53 Å². The highest BCUT2D eigenvalue weighted by atomic mass is 16.5. The lowest BCUT2D eigenvalue weighted by Gasteiger charge is -2.33. The van der Waals surface area contributed by atoms with Gasteiger partial charge in [-0.2, -0.15) is 0 Å². The molecule has 1 N–H and O–H groups in total. The van der Waals surface area contributed by atoms with Gasteiger partial charge in [-0.1, -0.05) is 13.0 Å². The number of nitrogens with zero attached hydrogens (tertiary/aromatic N) is 1. The first-order chi connectivity index (χ1) is 10.1. The summed E-state index contributed by atoms with van der Waals surface area (Å²) in [7, 11) is 0. The summed E-state index contributed by atoms with van der Waals surface area (Å²) in [6.45, 7) is 8.53. The van der Waals surface area contributed by atoms with Crippen LogP contribution in [0.4, 0.5) is 11.4 Å². The maximum atomic E-state index is 11.9. The van der Waals surface area contributed by atoms with Gasteiger partial charge in [-0.25, -0.2) is 0 Å². The minimum Gasteiger partial charge on any atom is -0.375 e. The van der Waals surface area contributed by atoms with Crippen molar-refractivity contribution in [1.82, 2.24) is 0 Å². The van der Waals surface area contributed by atoms with Gasteiger partial charge in [0.2, 0.25) is 0 Å². The summed E-state index contributed by atoms with van der Waals surface area (Å²) in [6, 6.07) is 8.00. The highest BCUT2D eigenvalue weighted by molar-refractivity contribution is 6.03. The molecule has 1 aliphatic heterocycles. The number of amides is 1. The molecule has 2 rings (SSSR count). The van der Waals surface area contributed by atoms with Crippen LogP contribution in [-0.2, 0) is 9.53 Å². The number of rotatable bonds is 4. The number of morpholine rings is 1. The molecule has 1 fully saturated rings. The molecule has 0 aliphatic carbocycles. The Hall–Kier alpha value is -1.81. The van der Waals surface area contributed by atoms with E-state index in [1.165, 1.54) is 5.69 Å². The summed E-state index contributed by atoms with van der Waals surface area (Å²) in [4.78, 5) is 14.2. The summed E-state index contributed by atoms with van der Waals surface area (Å²) >= 11 is 0. The third-order valence-corrected chi connectivity index (χ3v) is 3.60. The highest BCUT2D eigenvalue weighted by Gasteiger charge is 2.16. The fourth-order valence-electron chi connectivity index (χ4n) is 2.44. The second-order valence-corrected chi connectivity index (χ2v) is 5.42. The van der Waals surface area contributed by atoms with E-state index >= 15 is 0 Å². The van der Waals surface area contributed by atoms with Crippen molar-refractivity contribution in [3.05, 3.63) is 35.9 Å². The molecule has 1 aliphatic rings. The zero-order valence-electron chi connectivity index (χ0n) is 13.1. The van der Waals surface area contributed by atoms with Crippen molar-refractivity contribution in [2.75, 3.05) is 29.9 Å². The van der Waals surface area contributed by atoms with Gasteiger partial charge in [0.05, 0.1) is 12.7 Å². The van der Waals surface area contributed by atoms with E-state index in [9.17, 15) is 4.79 Å². The van der Waals surface area contributed by atoms with Gasteiger partial charge < -0.3 is 15.0 Å². The highest BCUT2D eigenvalue weighted by Crippen LogP contribution is 2.20. The van der Waals surface area contributed by atoms with E-state index in [-0.39, 0.29) is 12.0 Å². The molecule has 0 saturated carbocycles. The van der Waals surface area contributed by atoms with E-state index in [2.05, 4.69) is 17.1 Å². The quantitative estimate of drug-likeness (QED) is 0.865. The van der Waals surface area contributed by atoms with Gasteiger partial charge in [-0.15, -0.1) is 0 Å². The largest absolute Gasteiger partial charge is 0.375 e. The Bertz CT molecular complexity index is 508. The lowest BCUT2D eigenvalue weighted by molar-refractivity contribution is -0.112. The summed E-state index contributed by atoms with van der Waals surface area (Å²) in [6.07, 6.45) is 3.06. The number of anilines is 2. The molecule has 4 heteroatoms. The molecule has 1 atom stereocenters. The van der Waals surface area contributed by atoms with E-state index in [1.807, 2.05) is 44.2 Å². The van der Waals surface area contributed by atoms with E-state index in [0.29, 0.717) is 0 Å². The maximum Gasteiger partial charge on any atom is 0.250 e. The predicted octanol–water partition coefficient (Wildman–Crippen LogP) is 3.21. The van der Waals surface area contributed by atoms with E-state index in [0.717, 1.165) is 37.4 Å². The Morgan fingerprint density at radius 2 is 2.14 bits per heavy atom. The first-order valence-electron chi connectivity index (χ1n) is 7.55. The van der Waals surface area contributed by atoms with Crippen LogP contribution in [-0.4, -0.2) is 31.7 Å². The minimum atomic E-state index is -0.0374. The van der Waals surface area contributed by atoms with E-state index in [1.54, 1.807) is 0 Å². The van der Waals surface area contributed by atoms with Crippen LogP contribution in [0.5, 0.6) is 0 Å². The Morgan fingerprint density at radius 3 is 2.76 bits per heavy atom. The summed E-state index contributed by atoms with van der Waals surface area (Å²) in [5.74, 6) is -0.0374. The van der Waals surface area contributed by atoms with Gasteiger partial charge in [0.25, 0.3) is 5.91 Å². The number of hydrogen-bond acceptors (Lipinski definition) is 3. The average molecular weight is 288 g/mol. The third kappa shape index (κ3) is 4.33. The van der Waals surface area contributed by atoms with Crippen LogP contribution in [0.1, 0.15) is 27.2 Å². The standard InChI is InChI=1S/C17H24N2O2/c1-4-5-13(2)17(20)18-15-6-8-16(9-7-15)19-10-11-21-14(3)12-19/h5-9,14H,4,10-12H2,1-3H3,(H,18,20)/b13-5+/t14-/m0/s1. The number of nitrogens with one attached hydrogen (secondary N) is 1. The summed E-state index contributed by atoms with van der Waals surface area (Å²) in [5.41, 5.74) is 2.75. The second-order valence-electron chi connectivity index (χ2n) is 5.42. The smallest absolute Gasteiger partial charge is 0.250 e. The minimum absolute atomic E-state index is 0.0374. The SMILES string of the molecule is CC/C=C(\C)C(=O)Nc1ccc(N2CCO[C@@H](C)C2)cc1. The molecule has 21 heavy (non-hydrogen) atoms. The first-order valence-corrected chi connectivity index (χ1v) is 7.55. The Morgan fingerprint density at radius 1 is 1.43 bits per heavy atom. The molecule has 0 unspecified atom stereocenters. The van der Waals surface area contributed by atoms with Crippen molar-refractivity contribution in [2.45, 2.75) is 33.3 Å². The molecule has 1 saturated heterocycles. The number of carbonyl (C=O) groups excluding carboxylic acids is 1. The van der Waals surface area contributed by atoms with Crippen LogP contribution in [0.15, 0.2) is 35.9 Å². The van der Waals surface area contributed by atoms with E-state index < -0.39 is 0 Å². The van der Waals surface area contributed by atoms with Crippen molar-refractivity contribution in [2.24, 2.45) is 0 Å². The van der Waals surface area contributed by atoms with Crippen molar-refractivity contribution >= 4 is 17.3 Å². The Labute approximate surface area is 126 Å². The molecule has 0 bridgehead atoms. The van der Waals surface area contributed by atoms with Gasteiger partial charge in [0.1, 0.15) is 0 Å². The number of hydrogen-bond donors (Lipinski definition) is 1. The normalized spacial score (nSPS) is 19.5. The average Bonchev–Trinajstić information content (AvgIpc) is 2.48. The van der Waals surface area contributed by atoms with Crippen LogP contribution < -0.4 is 10.2 Å². The Balaban J connectivity index is 1.99. The van der Waals surface area contributed by atoms with E-state index in [4.69, 9.17) is 4.74 Å². The number of carbonyl (C=O) groups is 1. The molecule has 1 heterocycles. The van der Waals surface area contributed by atoms with Gasteiger partial charge in [-0.05, 0) is 44.5 Å². The zero-order valence-corrected chi connectivity index (χ0v) is 13.1. The van der Waals surface area contributed by atoms with Crippen LogP contribution in [0.3, 0.4) is 0 Å². The number of allylic oxidation sites excluding steroid dienone is 1. The molecule has 1 aromatic rings. The third-order valence-electron chi connectivity index (χ3n) is 3.60. The maximum absolute atomic E-state index is 11.9. The van der Waals surface area contributed by atoms with Crippen molar-refractivity contribution in [1.29, 1.82) is 0 Å². The first kappa shape index (κ1) is 15.6. The fourth-order valence-corrected chi connectivity index (χ4v) is 2.44. The summed E-state index contributed by atoms with van der Waals surface area (Å²) < 4.78 is 5.55. The topological polar surface area (TPSA) is 41.6 Å². The van der Waals surface area contributed by atoms with Crippen molar-refractivity contribution in [3.8, 4) is 0 Å². The monoisotopic (exact) mass is 288 g/mol. The molecular formula is C17H24N2O2. The van der Waals surface area contributed by atoms with Gasteiger partial charge >= 0.3 is 0 Å². The number of ether oxygens (including phenoxy) is 1. The second kappa shape index (κ2) is 7.27. The van der Waals surface area contributed by atoms with Gasteiger partial charge in [0, 0.05) is 30.0 Å². The molecule has 0 aromatic heterocycles. The molecular weight excluding hydrogens is 264 g/mol. The summed E-state index contributed by atoms with van der Waals surface area (Å²) in [5, 5.41) is 2.91. The van der Waals surface area contributed by atoms with Crippen LogP contribution in [0.25, 0.3) is 0 Å². The molecule has 114 valence electrons. The molecule has 1 aromatic carbocycles. The van der Waals surface area contributed by atoms with Gasteiger partial charge in [0.15, 0.2) is 0 Å². The van der Waals surface area contributed by atoms with Crippen LogP contribution in [0.2, 0.25) is 0 Å². The molecule has 4 nitrogen and oxygen atoms in total. The predicted molar refractivity (Wildman–Crippen MR) is 86.7 cm³/mol. The fraction of sp³-hybridized carbons (Fsp3) is 0.471. The lowest BCUT2D eigenvalue weighted by Crippen LogP contribution is -2.41.